The average Bonchev–Trinajstić information content (AvgIpc) is 3.01. The Hall–Kier alpha value is -1.46. The van der Waals surface area contributed by atoms with Gasteiger partial charge in [-0.25, -0.2) is 18.4 Å². The average molecular weight is 463 g/mol. The molecule has 1 saturated heterocycles. The van der Waals surface area contributed by atoms with E-state index in [1.54, 1.807) is 11.8 Å². The molecular formula is C20H29F3N4O3S. The fourth-order valence-electron chi connectivity index (χ4n) is 5.89. The van der Waals surface area contributed by atoms with E-state index in [-0.39, 0.29) is 42.8 Å². The van der Waals surface area contributed by atoms with Gasteiger partial charge in [0.15, 0.2) is 0 Å². The minimum atomic E-state index is -4.51. The van der Waals surface area contributed by atoms with Gasteiger partial charge in [-0.3, -0.25) is 0 Å². The molecule has 1 aliphatic heterocycles. The number of aliphatic hydroxyl groups is 1. The van der Waals surface area contributed by atoms with Gasteiger partial charge < -0.3 is 10.0 Å². The zero-order valence-electron chi connectivity index (χ0n) is 17.9. The first kappa shape index (κ1) is 22.7. The molecule has 1 N–H and O–H groups in total. The number of rotatable bonds is 4. The van der Waals surface area contributed by atoms with Gasteiger partial charge in [0.05, 0.1) is 17.4 Å². The Labute approximate surface area is 180 Å². The minimum Gasteiger partial charge on any atom is -0.392 e. The number of halogens is 3. The van der Waals surface area contributed by atoms with Crippen molar-refractivity contribution in [1.82, 2.24) is 14.3 Å². The molecule has 2 aliphatic carbocycles. The molecule has 4 rings (SSSR count). The number of hydrogen-bond donors (Lipinski definition) is 1. The molecule has 0 amide bonds. The van der Waals surface area contributed by atoms with Crippen LogP contribution in [-0.4, -0.2) is 65.3 Å². The maximum atomic E-state index is 13.3. The highest BCUT2D eigenvalue weighted by molar-refractivity contribution is 7.89. The van der Waals surface area contributed by atoms with E-state index >= 15 is 0 Å². The van der Waals surface area contributed by atoms with Gasteiger partial charge in [0.2, 0.25) is 16.0 Å². The number of aliphatic hydroxyl groups excluding tert-OH is 1. The van der Waals surface area contributed by atoms with Crippen molar-refractivity contribution in [3.63, 3.8) is 0 Å². The fourth-order valence-corrected chi connectivity index (χ4v) is 8.23. The zero-order chi connectivity index (χ0) is 22.8. The van der Waals surface area contributed by atoms with Gasteiger partial charge in [0.1, 0.15) is 0 Å². The lowest BCUT2D eigenvalue weighted by atomic mass is 9.70. The van der Waals surface area contributed by atoms with Crippen LogP contribution >= 0.6 is 0 Å². The quantitative estimate of drug-likeness (QED) is 0.740. The molecule has 2 saturated carbocycles. The van der Waals surface area contributed by atoms with Crippen LogP contribution in [0.3, 0.4) is 0 Å². The smallest absolute Gasteiger partial charge is 0.392 e. The molecular weight excluding hydrogens is 433 g/mol. The van der Waals surface area contributed by atoms with E-state index in [1.165, 1.54) is 4.31 Å². The molecule has 11 heteroatoms. The molecule has 0 radical (unpaired) electrons. The van der Waals surface area contributed by atoms with Crippen LogP contribution < -0.4 is 4.90 Å². The predicted molar refractivity (Wildman–Crippen MR) is 109 cm³/mol. The summed E-state index contributed by atoms with van der Waals surface area (Å²) in [5.41, 5.74) is -1.79. The summed E-state index contributed by atoms with van der Waals surface area (Å²) in [6, 6.07) is -0.296. The summed E-state index contributed by atoms with van der Waals surface area (Å²) in [6.45, 7) is 6.63. The Kier molecular flexibility index (Phi) is 5.33. The van der Waals surface area contributed by atoms with Crippen molar-refractivity contribution in [2.45, 2.75) is 58.4 Å². The number of alkyl halides is 3. The third-order valence-corrected chi connectivity index (χ3v) is 10.0. The second-order valence-electron chi connectivity index (χ2n) is 9.79. The zero-order valence-corrected chi connectivity index (χ0v) is 18.7. The molecule has 174 valence electrons. The Morgan fingerprint density at radius 1 is 1.23 bits per heavy atom. The number of nitrogens with zero attached hydrogens (tertiary/aromatic N) is 4. The number of aromatic nitrogens is 2. The minimum absolute atomic E-state index is 0.0752. The summed E-state index contributed by atoms with van der Waals surface area (Å²) >= 11 is 0. The predicted octanol–water partition coefficient (Wildman–Crippen LogP) is 2.52. The van der Waals surface area contributed by atoms with E-state index in [0.29, 0.717) is 18.8 Å². The van der Waals surface area contributed by atoms with E-state index in [9.17, 15) is 26.7 Å². The van der Waals surface area contributed by atoms with Crippen molar-refractivity contribution in [1.29, 1.82) is 0 Å². The lowest BCUT2D eigenvalue weighted by molar-refractivity contribution is -0.138. The lowest BCUT2D eigenvalue weighted by Gasteiger charge is -2.43. The first-order valence-corrected chi connectivity index (χ1v) is 12.2. The van der Waals surface area contributed by atoms with Gasteiger partial charge in [0.25, 0.3) is 0 Å². The summed E-state index contributed by atoms with van der Waals surface area (Å²) in [7, 11) is -3.62. The van der Waals surface area contributed by atoms with E-state index in [4.69, 9.17) is 0 Å². The second-order valence-corrected chi connectivity index (χ2v) is 11.8. The van der Waals surface area contributed by atoms with Crippen LogP contribution in [0.25, 0.3) is 0 Å². The molecule has 1 aromatic heterocycles. The normalized spacial score (nSPS) is 33.8. The van der Waals surface area contributed by atoms with Crippen molar-refractivity contribution in [2.24, 2.45) is 16.7 Å². The standard InChI is InChI=1S/C20H29F3N4O3S/c1-13-11-26(6-7-27(13)17-24-9-15(10-25-17)20(21,22)23)31(29,30)12-19-5-4-14(8-16(19)28)18(19,2)3/h9-10,13-14,16,28H,4-8,11-12H2,1-3H3/t13-,14+,16?,19+/m0/s1. The molecule has 7 nitrogen and oxygen atoms in total. The molecule has 0 spiro atoms. The van der Waals surface area contributed by atoms with Crippen LogP contribution in [0.5, 0.6) is 0 Å². The summed E-state index contributed by atoms with van der Waals surface area (Å²) in [6.07, 6.45) is -1.33. The summed E-state index contributed by atoms with van der Waals surface area (Å²) < 4.78 is 66.4. The summed E-state index contributed by atoms with van der Waals surface area (Å²) in [5, 5.41) is 10.7. The SMILES string of the molecule is C[C@H]1CN(S(=O)(=O)C[C@]23CC[C@H](CC2O)C3(C)C)CCN1c1ncc(C(F)(F)F)cn1. The highest BCUT2D eigenvalue weighted by Gasteiger charge is 2.65. The van der Waals surface area contributed by atoms with E-state index in [2.05, 4.69) is 23.8 Å². The van der Waals surface area contributed by atoms with Crippen LogP contribution in [0.4, 0.5) is 19.1 Å². The third kappa shape index (κ3) is 3.62. The lowest BCUT2D eigenvalue weighted by Crippen LogP contribution is -2.56. The molecule has 4 atom stereocenters. The van der Waals surface area contributed by atoms with Crippen LogP contribution in [0.1, 0.15) is 45.6 Å². The van der Waals surface area contributed by atoms with Crippen molar-refractivity contribution in [3.8, 4) is 0 Å². The van der Waals surface area contributed by atoms with Crippen molar-refractivity contribution < 1.29 is 26.7 Å². The van der Waals surface area contributed by atoms with Crippen LogP contribution in [0, 0.1) is 16.7 Å². The number of hydrogen-bond acceptors (Lipinski definition) is 6. The van der Waals surface area contributed by atoms with Gasteiger partial charge >= 0.3 is 6.18 Å². The second kappa shape index (κ2) is 7.28. The number of piperazine rings is 1. The van der Waals surface area contributed by atoms with E-state index < -0.39 is 33.3 Å². The Morgan fingerprint density at radius 3 is 2.35 bits per heavy atom. The summed E-state index contributed by atoms with van der Waals surface area (Å²) in [5.74, 6) is 0.418. The molecule has 2 heterocycles. The summed E-state index contributed by atoms with van der Waals surface area (Å²) in [4.78, 5) is 9.41. The molecule has 0 aromatic carbocycles. The van der Waals surface area contributed by atoms with Gasteiger partial charge in [0, 0.05) is 43.5 Å². The van der Waals surface area contributed by atoms with Crippen LogP contribution in [0.15, 0.2) is 12.4 Å². The number of fused-ring (bicyclic) bond motifs is 2. The molecule has 3 aliphatic rings. The molecule has 1 aromatic rings. The number of anilines is 1. The molecule has 31 heavy (non-hydrogen) atoms. The van der Waals surface area contributed by atoms with E-state index in [0.717, 1.165) is 18.8 Å². The highest BCUT2D eigenvalue weighted by atomic mass is 32.2. The number of sulfonamides is 1. The van der Waals surface area contributed by atoms with Crippen molar-refractivity contribution >= 4 is 16.0 Å². The van der Waals surface area contributed by atoms with Crippen LogP contribution in [0.2, 0.25) is 0 Å². The fraction of sp³-hybridized carbons (Fsp3) is 0.800. The Morgan fingerprint density at radius 2 is 1.87 bits per heavy atom. The molecule has 1 unspecified atom stereocenters. The van der Waals surface area contributed by atoms with Gasteiger partial charge in [-0.05, 0) is 37.5 Å². The monoisotopic (exact) mass is 462 g/mol. The molecule has 2 bridgehead atoms. The topological polar surface area (TPSA) is 86.6 Å². The Balaban J connectivity index is 1.47. The third-order valence-electron chi connectivity index (χ3n) is 8.03. The highest BCUT2D eigenvalue weighted by Crippen LogP contribution is 2.66. The van der Waals surface area contributed by atoms with Crippen molar-refractivity contribution in [3.05, 3.63) is 18.0 Å². The van der Waals surface area contributed by atoms with Crippen LogP contribution in [-0.2, 0) is 16.2 Å². The maximum absolute atomic E-state index is 13.3. The first-order valence-electron chi connectivity index (χ1n) is 10.6. The maximum Gasteiger partial charge on any atom is 0.419 e. The van der Waals surface area contributed by atoms with Crippen molar-refractivity contribution in [2.75, 3.05) is 30.3 Å². The van der Waals surface area contributed by atoms with Gasteiger partial charge in [-0.15, -0.1) is 0 Å². The largest absolute Gasteiger partial charge is 0.419 e. The Bertz CT molecular complexity index is 938. The van der Waals surface area contributed by atoms with E-state index in [1.807, 2.05) is 0 Å². The van der Waals surface area contributed by atoms with Gasteiger partial charge in [-0.2, -0.15) is 17.5 Å². The molecule has 3 fully saturated rings. The van der Waals surface area contributed by atoms with Gasteiger partial charge in [-0.1, -0.05) is 13.8 Å². The first-order chi connectivity index (χ1) is 14.3.